The number of rotatable bonds is 8. The van der Waals surface area contributed by atoms with E-state index in [1.54, 1.807) is 50.2 Å². The third-order valence-corrected chi connectivity index (χ3v) is 4.57. The van der Waals surface area contributed by atoms with Crippen molar-refractivity contribution in [1.82, 2.24) is 5.32 Å². The highest BCUT2D eigenvalue weighted by atomic mass is 32.1. The van der Waals surface area contributed by atoms with Crippen molar-refractivity contribution in [3.8, 4) is 0 Å². The Balaban J connectivity index is 1.76. The number of esters is 2. The summed E-state index contributed by atoms with van der Waals surface area (Å²) < 4.78 is 9.77. The van der Waals surface area contributed by atoms with Crippen molar-refractivity contribution in [3.63, 3.8) is 0 Å². The summed E-state index contributed by atoms with van der Waals surface area (Å²) in [6, 6.07) is 10.0. The molecule has 1 aromatic carbocycles. The van der Waals surface area contributed by atoms with Gasteiger partial charge in [-0.15, -0.1) is 11.3 Å². The fraction of sp³-hybridized carbons (Fsp3) is 0.263. The van der Waals surface area contributed by atoms with Gasteiger partial charge in [-0.1, -0.05) is 18.2 Å². The van der Waals surface area contributed by atoms with Gasteiger partial charge in [0.1, 0.15) is 11.4 Å². The first-order chi connectivity index (χ1) is 13.4. The van der Waals surface area contributed by atoms with Gasteiger partial charge in [0.15, 0.2) is 6.61 Å². The fourth-order valence-corrected chi connectivity index (χ4v) is 3.14. The van der Waals surface area contributed by atoms with Gasteiger partial charge in [-0.3, -0.25) is 14.4 Å². The Morgan fingerprint density at radius 1 is 1.07 bits per heavy atom. The number of anilines is 1. The molecule has 0 spiro atoms. The summed E-state index contributed by atoms with van der Waals surface area (Å²) in [4.78, 5) is 47.6. The number of hydrogen-bond donors (Lipinski definition) is 2. The molecule has 8 nitrogen and oxygen atoms in total. The number of ether oxygens (including phenoxy) is 2. The van der Waals surface area contributed by atoms with Gasteiger partial charge in [0, 0.05) is 5.56 Å². The summed E-state index contributed by atoms with van der Waals surface area (Å²) in [5.41, 5.74) is 1.10. The van der Waals surface area contributed by atoms with Gasteiger partial charge in [-0.25, -0.2) is 4.79 Å². The molecule has 0 unspecified atom stereocenters. The Labute approximate surface area is 165 Å². The van der Waals surface area contributed by atoms with Gasteiger partial charge in [-0.05, 0) is 37.6 Å². The molecule has 0 radical (unpaired) electrons. The third kappa shape index (κ3) is 6.20. The minimum absolute atomic E-state index is 0.259. The van der Waals surface area contributed by atoms with Crippen LogP contribution in [0.15, 0.2) is 36.4 Å². The second-order valence-corrected chi connectivity index (χ2v) is 6.65. The Hall–Kier alpha value is -3.20. The summed E-state index contributed by atoms with van der Waals surface area (Å²) >= 11 is 1.08. The number of thiophene rings is 1. The molecule has 0 fully saturated rings. The number of nitrogens with one attached hydrogen (secondary N) is 2. The molecule has 2 amide bonds. The second kappa shape index (κ2) is 10.2. The molecular formula is C19H20N2O6S. The Morgan fingerprint density at radius 3 is 2.46 bits per heavy atom. The Kier molecular flexibility index (Phi) is 7.70. The van der Waals surface area contributed by atoms with Crippen molar-refractivity contribution >= 4 is 40.1 Å². The van der Waals surface area contributed by atoms with E-state index in [9.17, 15) is 19.2 Å². The lowest BCUT2D eigenvalue weighted by Crippen LogP contribution is -2.32. The van der Waals surface area contributed by atoms with E-state index in [-0.39, 0.29) is 13.2 Å². The smallest absolute Gasteiger partial charge is 0.348 e. The van der Waals surface area contributed by atoms with Gasteiger partial charge >= 0.3 is 11.9 Å². The second-order valence-electron chi connectivity index (χ2n) is 5.60. The molecule has 0 aliphatic carbocycles. The summed E-state index contributed by atoms with van der Waals surface area (Å²) in [6.07, 6.45) is 0. The largest absolute Gasteiger partial charge is 0.462 e. The van der Waals surface area contributed by atoms with Crippen molar-refractivity contribution < 1.29 is 28.7 Å². The van der Waals surface area contributed by atoms with Crippen LogP contribution in [0.1, 0.15) is 32.5 Å². The van der Waals surface area contributed by atoms with Gasteiger partial charge in [0.05, 0.1) is 11.6 Å². The maximum absolute atomic E-state index is 11.9. The Morgan fingerprint density at radius 2 is 1.79 bits per heavy atom. The first-order valence-electron chi connectivity index (χ1n) is 8.47. The van der Waals surface area contributed by atoms with Crippen molar-refractivity contribution in [2.45, 2.75) is 13.8 Å². The van der Waals surface area contributed by atoms with Crippen LogP contribution in [0, 0.1) is 6.92 Å². The predicted molar refractivity (Wildman–Crippen MR) is 103 cm³/mol. The van der Waals surface area contributed by atoms with Gasteiger partial charge in [-0.2, -0.15) is 0 Å². The van der Waals surface area contributed by atoms with Crippen LogP contribution in [0.2, 0.25) is 0 Å². The summed E-state index contributed by atoms with van der Waals surface area (Å²) in [6.45, 7) is 2.83. The van der Waals surface area contributed by atoms with E-state index in [2.05, 4.69) is 10.6 Å². The van der Waals surface area contributed by atoms with Crippen molar-refractivity contribution in [2.75, 3.05) is 25.1 Å². The molecule has 2 N–H and O–H groups in total. The molecule has 0 saturated carbocycles. The van der Waals surface area contributed by atoms with Crippen molar-refractivity contribution in [1.29, 1.82) is 0 Å². The molecule has 2 aromatic rings. The average molecular weight is 404 g/mol. The molecular weight excluding hydrogens is 384 g/mol. The normalized spacial score (nSPS) is 10.1. The topological polar surface area (TPSA) is 111 Å². The molecule has 9 heteroatoms. The molecule has 28 heavy (non-hydrogen) atoms. The van der Waals surface area contributed by atoms with E-state index in [0.29, 0.717) is 21.0 Å². The molecule has 1 heterocycles. The van der Waals surface area contributed by atoms with Crippen LogP contribution in [0.5, 0.6) is 0 Å². The maximum Gasteiger partial charge on any atom is 0.348 e. The lowest BCUT2D eigenvalue weighted by atomic mass is 10.2. The maximum atomic E-state index is 11.9. The lowest BCUT2D eigenvalue weighted by Gasteiger charge is -2.06. The minimum Gasteiger partial charge on any atom is -0.462 e. The highest BCUT2D eigenvalue weighted by molar-refractivity contribution is 7.18. The van der Waals surface area contributed by atoms with Crippen LogP contribution in [0.4, 0.5) is 5.00 Å². The standard InChI is InChI=1S/C19H20N2O6S/c1-3-26-19(25)17-12(2)9-15(28-17)21-14(22)11-27-16(23)10-20-18(24)13-7-5-4-6-8-13/h4-9H,3,10-11H2,1-2H3,(H,20,24)(H,21,22). The van der Waals surface area contributed by atoms with E-state index in [4.69, 9.17) is 9.47 Å². The number of carbonyl (C=O) groups excluding carboxylic acids is 4. The van der Waals surface area contributed by atoms with Crippen molar-refractivity contribution in [2.24, 2.45) is 0 Å². The molecule has 0 saturated heterocycles. The molecule has 0 aliphatic rings. The molecule has 0 atom stereocenters. The summed E-state index contributed by atoms with van der Waals surface area (Å²) in [7, 11) is 0. The summed E-state index contributed by atoms with van der Waals surface area (Å²) in [5, 5.41) is 5.41. The first-order valence-corrected chi connectivity index (χ1v) is 9.28. The van der Waals surface area contributed by atoms with Crippen LogP contribution in [0.3, 0.4) is 0 Å². The lowest BCUT2D eigenvalue weighted by molar-refractivity contribution is -0.146. The number of amides is 2. The zero-order chi connectivity index (χ0) is 20.5. The number of hydrogen-bond acceptors (Lipinski definition) is 7. The van der Waals surface area contributed by atoms with Crippen LogP contribution in [-0.4, -0.2) is 43.5 Å². The monoisotopic (exact) mass is 404 g/mol. The SMILES string of the molecule is CCOC(=O)c1sc(NC(=O)COC(=O)CNC(=O)c2ccccc2)cc1C. The molecule has 1 aromatic heterocycles. The zero-order valence-electron chi connectivity index (χ0n) is 15.4. The zero-order valence-corrected chi connectivity index (χ0v) is 16.3. The van der Waals surface area contributed by atoms with E-state index in [0.717, 1.165) is 11.3 Å². The minimum atomic E-state index is -0.742. The highest BCUT2D eigenvalue weighted by Crippen LogP contribution is 2.27. The highest BCUT2D eigenvalue weighted by Gasteiger charge is 2.16. The van der Waals surface area contributed by atoms with E-state index in [1.807, 2.05) is 0 Å². The van der Waals surface area contributed by atoms with Crippen LogP contribution in [-0.2, 0) is 19.1 Å². The van der Waals surface area contributed by atoms with Crippen LogP contribution < -0.4 is 10.6 Å². The predicted octanol–water partition coefficient (Wildman–Crippen LogP) is 2.14. The third-order valence-electron chi connectivity index (χ3n) is 3.43. The molecule has 2 rings (SSSR count). The van der Waals surface area contributed by atoms with Gasteiger partial charge in [0.2, 0.25) is 0 Å². The van der Waals surface area contributed by atoms with Crippen LogP contribution in [0.25, 0.3) is 0 Å². The molecule has 0 aliphatic heterocycles. The quantitative estimate of drug-likeness (QED) is 0.652. The average Bonchev–Trinajstić information content (AvgIpc) is 3.05. The fourth-order valence-electron chi connectivity index (χ4n) is 2.16. The first kappa shape index (κ1) is 21.1. The number of benzene rings is 1. The summed E-state index contributed by atoms with van der Waals surface area (Å²) in [5.74, 6) is -2.16. The van der Waals surface area contributed by atoms with Crippen LogP contribution >= 0.6 is 11.3 Å². The number of carbonyl (C=O) groups is 4. The molecule has 0 bridgehead atoms. The van der Waals surface area contributed by atoms with Gasteiger partial charge < -0.3 is 20.1 Å². The van der Waals surface area contributed by atoms with Gasteiger partial charge in [0.25, 0.3) is 11.8 Å². The van der Waals surface area contributed by atoms with E-state index < -0.39 is 30.4 Å². The Bertz CT molecular complexity index is 863. The van der Waals surface area contributed by atoms with E-state index in [1.165, 1.54) is 0 Å². The molecule has 148 valence electrons. The van der Waals surface area contributed by atoms with Crippen molar-refractivity contribution in [3.05, 3.63) is 52.4 Å². The van der Waals surface area contributed by atoms with E-state index >= 15 is 0 Å². The number of aryl methyl sites for hydroxylation is 1.